The number of ether oxygens (including phenoxy) is 4. The highest BCUT2D eigenvalue weighted by molar-refractivity contribution is 5.70. The molecule has 0 spiro atoms. The van der Waals surface area contributed by atoms with E-state index >= 15 is 0 Å². The van der Waals surface area contributed by atoms with Gasteiger partial charge in [-0.15, -0.1) is 0 Å². The van der Waals surface area contributed by atoms with Crippen LogP contribution in [0.1, 0.15) is 111 Å². The zero-order valence-corrected chi connectivity index (χ0v) is 28.9. The van der Waals surface area contributed by atoms with E-state index in [1.54, 1.807) is 30.6 Å². The number of hydrogen-bond donors (Lipinski definition) is 1. The normalized spacial score (nSPS) is 32.1. The lowest BCUT2D eigenvalue weighted by Gasteiger charge is -2.66. The minimum Gasteiger partial charge on any atom is -0.482 e. The Balaban J connectivity index is 1.64. The number of aliphatic hydroxyl groups excluding tert-OH is 1. The number of hydrogen-bond acceptors (Lipinski definition) is 11. The van der Waals surface area contributed by atoms with Gasteiger partial charge in [0.25, 0.3) is 0 Å². The van der Waals surface area contributed by atoms with Crippen LogP contribution in [0.5, 0.6) is 5.75 Å². The lowest BCUT2D eigenvalue weighted by Crippen LogP contribution is -2.71. The number of aromatic nitrogens is 1. The first-order chi connectivity index (χ1) is 22.8. The summed E-state index contributed by atoms with van der Waals surface area (Å²) in [7, 11) is 0. The van der Waals surface area contributed by atoms with Gasteiger partial charge in [0.15, 0.2) is 0 Å². The summed E-state index contributed by atoms with van der Waals surface area (Å²) < 4.78 is 30.7. The molecular weight excluding hydrogens is 618 g/mol. The summed E-state index contributed by atoms with van der Waals surface area (Å²) in [5.41, 5.74) is -3.08. The Morgan fingerprint density at radius 2 is 1.62 bits per heavy atom. The number of carbonyl (C=O) groups is 3. The van der Waals surface area contributed by atoms with Crippen LogP contribution in [0.25, 0.3) is 11.3 Å². The van der Waals surface area contributed by atoms with Crippen molar-refractivity contribution in [3.63, 3.8) is 0 Å². The average molecular weight is 668 g/mol. The number of rotatable bonds is 11. The maximum absolute atomic E-state index is 13.6. The van der Waals surface area contributed by atoms with Crippen molar-refractivity contribution >= 4 is 17.9 Å². The molecular formula is C37H49NO10. The van der Waals surface area contributed by atoms with Crippen molar-refractivity contribution in [1.82, 2.24) is 4.98 Å². The molecule has 2 aromatic rings. The van der Waals surface area contributed by atoms with Gasteiger partial charge in [-0.1, -0.05) is 34.6 Å². The Kier molecular flexibility index (Phi) is 10.4. The van der Waals surface area contributed by atoms with Gasteiger partial charge in [-0.25, -0.2) is 4.79 Å². The van der Waals surface area contributed by atoms with E-state index in [0.717, 1.165) is 0 Å². The van der Waals surface area contributed by atoms with Crippen molar-refractivity contribution in [1.29, 1.82) is 0 Å². The molecule has 11 nitrogen and oxygen atoms in total. The van der Waals surface area contributed by atoms with E-state index in [-0.39, 0.29) is 60.8 Å². The minimum atomic E-state index is -1.34. The van der Waals surface area contributed by atoms with Gasteiger partial charge in [-0.2, -0.15) is 0 Å². The molecule has 0 bridgehead atoms. The fraction of sp³-hybridized carbons (Fsp3) is 0.649. The highest BCUT2D eigenvalue weighted by atomic mass is 16.6. The van der Waals surface area contributed by atoms with Gasteiger partial charge in [0, 0.05) is 54.6 Å². The fourth-order valence-electron chi connectivity index (χ4n) is 8.74. The maximum atomic E-state index is 13.6. The summed E-state index contributed by atoms with van der Waals surface area (Å²) in [6.07, 6.45) is 4.13. The Hall–Kier alpha value is -3.73. The summed E-state index contributed by atoms with van der Waals surface area (Å²) in [4.78, 5) is 56.5. The van der Waals surface area contributed by atoms with Crippen LogP contribution in [0, 0.1) is 22.7 Å². The molecule has 0 aromatic carbocycles. The van der Waals surface area contributed by atoms with Crippen molar-refractivity contribution in [2.75, 3.05) is 6.61 Å². The number of carbonyl (C=O) groups excluding carboxylic acids is 3. The van der Waals surface area contributed by atoms with Crippen molar-refractivity contribution in [2.45, 2.75) is 123 Å². The van der Waals surface area contributed by atoms with E-state index in [2.05, 4.69) is 4.98 Å². The van der Waals surface area contributed by atoms with Crippen molar-refractivity contribution in [3.05, 3.63) is 46.6 Å². The van der Waals surface area contributed by atoms with Gasteiger partial charge in [-0.05, 0) is 68.9 Å². The largest absolute Gasteiger partial charge is 0.482 e. The number of esters is 3. The summed E-state index contributed by atoms with van der Waals surface area (Å²) in [6.45, 7) is 11.5. The van der Waals surface area contributed by atoms with Crippen LogP contribution in [0.3, 0.4) is 0 Å². The molecule has 5 rings (SSSR count). The predicted molar refractivity (Wildman–Crippen MR) is 175 cm³/mol. The van der Waals surface area contributed by atoms with E-state index in [4.69, 9.17) is 23.4 Å². The summed E-state index contributed by atoms with van der Waals surface area (Å²) in [5.74, 6) is -1.83. The third-order valence-electron chi connectivity index (χ3n) is 11.0. The van der Waals surface area contributed by atoms with Gasteiger partial charge < -0.3 is 28.5 Å². The molecule has 0 radical (unpaired) electrons. The zero-order chi connectivity index (χ0) is 34.9. The van der Waals surface area contributed by atoms with Gasteiger partial charge in [-0.3, -0.25) is 19.4 Å². The molecule has 11 heteroatoms. The van der Waals surface area contributed by atoms with Gasteiger partial charge in [0.05, 0.1) is 6.10 Å². The molecule has 2 aliphatic carbocycles. The molecule has 1 aliphatic heterocycles. The third-order valence-corrected chi connectivity index (χ3v) is 11.0. The standard InChI is InChI=1S/C37H49NO10/c1-7-11-28(39)44-21-36(5)25-19-27(47-30(41)13-9-3)37(6)33(35(25,4)16-15-26(36)46-29(40)12-8-2)32(42)31-24(48-37)18-23(45-34(31)43)22-14-10-17-38-20-22/h10,14,17-18,20,25-27,32-33,42H,7-9,11-13,15-16,19,21H2,1-6H3/t25?,26-,27-,32-,33?,35-,36-,37+/m0/s1. The minimum absolute atomic E-state index is 0.00167. The first kappa shape index (κ1) is 35.6. The molecule has 2 fully saturated rings. The Labute approximate surface area is 281 Å². The lowest BCUT2D eigenvalue weighted by molar-refractivity contribution is -0.271. The second-order valence-corrected chi connectivity index (χ2v) is 14.3. The average Bonchev–Trinajstić information content (AvgIpc) is 3.03. The molecule has 3 aliphatic rings. The first-order valence-electron chi connectivity index (χ1n) is 17.3. The van der Waals surface area contributed by atoms with Crippen LogP contribution in [0.2, 0.25) is 0 Å². The smallest absolute Gasteiger partial charge is 0.345 e. The molecule has 2 unspecified atom stereocenters. The third kappa shape index (κ3) is 6.37. The van der Waals surface area contributed by atoms with E-state index in [0.29, 0.717) is 44.1 Å². The molecule has 3 heterocycles. The summed E-state index contributed by atoms with van der Waals surface area (Å²) >= 11 is 0. The molecule has 0 amide bonds. The molecule has 2 aromatic heterocycles. The Bertz CT molecular complexity index is 1560. The van der Waals surface area contributed by atoms with E-state index in [1.165, 1.54) is 0 Å². The van der Waals surface area contributed by atoms with Crippen LogP contribution in [-0.2, 0) is 28.6 Å². The molecule has 0 saturated heterocycles. The van der Waals surface area contributed by atoms with Gasteiger partial charge in [0.2, 0.25) is 0 Å². The highest BCUT2D eigenvalue weighted by Crippen LogP contribution is 2.67. The fourth-order valence-corrected chi connectivity index (χ4v) is 8.74. The topological polar surface area (TPSA) is 151 Å². The van der Waals surface area contributed by atoms with Gasteiger partial charge in [0.1, 0.15) is 41.5 Å². The first-order valence-corrected chi connectivity index (χ1v) is 17.3. The number of nitrogens with zero attached hydrogens (tertiary/aromatic N) is 1. The summed E-state index contributed by atoms with van der Waals surface area (Å²) in [6, 6.07) is 5.06. The van der Waals surface area contributed by atoms with Crippen LogP contribution in [0.4, 0.5) is 0 Å². The Morgan fingerprint density at radius 3 is 2.25 bits per heavy atom. The van der Waals surface area contributed by atoms with Crippen molar-refractivity contribution in [2.24, 2.45) is 22.7 Å². The van der Waals surface area contributed by atoms with E-state index < -0.39 is 52.3 Å². The summed E-state index contributed by atoms with van der Waals surface area (Å²) in [5, 5.41) is 12.3. The van der Waals surface area contributed by atoms with Crippen LogP contribution in [-0.4, -0.2) is 52.4 Å². The van der Waals surface area contributed by atoms with Gasteiger partial charge >= 0.3 is 23.5 Å². The molecule has 48 heavy (non-hydrogen) atoms. The van der Waals surface area contributed by atoms with E-state index in [9.17, 15) is 24.3 Å². The number of pyridine rings is 1. The van der Waals surface area contributed by atoms with Crippen LogP contribution >= 0.6 is 0 Å². The molecule has 1 N–H and O–H groups in total. The predicted octanol–water partition coefficient (Wildman–Crippen LogP) is 6.10. The van der Waals surface area contributed by atoms with E-state index in [1.807, 2.05) is 41.5 Å². The number of fused-ring (bicyclic) bond motifs is 4. The lowest BCUT2D eigenvalue weighted by atomic mass is 9.42. The Morgan fingerprint density at radius 1 is 0.979 bits per heavy atom. The molecule has 2 saturated carbocycles. The highest BCUT2D eigenvalue weighted by Gasteiger charge is 2.71. The van der Waals surface area contributed by atoms with Crippen LogP contribution in [0.15, 0.2) is 39.8 Å². The second-order valence-electron chi connectivity index (χ2n) is 14.3. The number of aliphatic hydroxyl groups is 1. The monoisotopic (exact) mass is 667 g/mol. The van der Waals surface area contributed by atoms with Crippen molar-refractivity contribution < 1.29 is 42.9 Å². The molecule has 8 atom stereocenters. The SMILES string of the molecule is CCCC(=O)OC[C@@]1(C)C2C[C@H](OC(=O)CCC)[C@@]3(C)Oc4cc(-c5cccnc5)oc(=O)c4[C@H](O)C3[C@@]2(C)CC[C@@H]1OC(=O)CCC. The quantitative estimate of drug-likeness (QED) is 0.219. The zero-order valence-electron chi connectivity index (χ0n) is 28.9. The second kappa shape index (κ2) is 14.0. The maximum Gasteiger partial charge on any atom is 0.345 e. The van der Waals surface area contributed by atoms with Crippen LogP contribution < -0.4 is 10.4 Å². The van der Waals surface area contributed by atoms with Crippen molar-refractivity contribution in [3.8, 4) is 17.1 Å². The molecule has 262 valence electrons.